The summed E-state index contributed by atoms with van der Waals surface area (Å²) in [5, 5.41) is 20.6. The minimum atomic E-state index is -1.32. The lowest BCUT2D eigenvalue weighted by Gasteiger charge is -2.15. The predicted molar refractivity (Wildman–Crippen MR) is 115 cm³/mol. The van der Waals surface area contributed by atoms with Crippen molar-refractivity contribution in [2.24, 2.45) is 0 Å². The first-order valence-electron chi connectivity index (χ1n) is 9.72. The second-order valence-electron chi connectivity index (χ2n) is 7.27. The monoisotopic (exact) mass is 436 g/mol. The number of rotatable bonds is 7. The molecule has 32 heavy (non-hydrogen) atoms. The van der Waals surface area contributed by atoms with Gasteiger partial charge in [-0.1, -0.05) is 48.0 Å². The maximum absolute atomic E-state index is 14.1. The van der Waals surface area contributed by atoms with Crippen molar-refractivity contribution < 1.29 is 29.1 Å². The van der Waals surface area contributed by atoms with E-state index in [1.807, 2.05) is 37.3 Å². The number of amides is 2. The summed E-state index contributed by atoms with van der Waals surface area (Å²) < 4.78 is 14.1. The zero-order valence-electron chi connectivity index (χ0n) is 17.1. The van der Waals surface area contributed by atoms with Crippen LogP contribution in [0.1, 0.15) is 31.8 Å². The molecule has 0 aliphatic heterocycles. The Morgan fingerprint density at radius 3 is 2.28 bits per heavy atom. The van der Waals surface area contributed by atoms with Crippen LogP contribution in [0.25, 0.3) is 11.1 Å². The molecular formula is C24H21FN2O5. The largest absolute Gasteiger partial charge is 0.480 e. The molecular weight excluding hydrogens is 415 g/mol. The van der Waals surface area contributed by atoms with E-state index in [2.05, 4.69) is 5.32 Å². The number of benzene rings is 3. The molecule has 0 aliphatic rings. The number of carbonyl (C=O) groups excluding carboxylic acids is 2. The van der Waals surface area contributed by atoms with Gasteiger partial charge in [-0.3, -0.25) is 14.8 Å². The van der Waals surface area contributed by atoms with Gasteiger partial charge in [0.1, 0.15) is 11.9 Å². The van der Waals surface area contributed by atoms with Crippen molar-refractivity contribution in [1.82, 2.24) is 10.8 Å². The molecule has 7 nitrogen and oxygen atoms in total. The molecule has 1 atom stereocenters. The van der Waals surface area contributed by atoms with Gasteiger partial charge in [0.15, 0.2) is 0 Å². The molecule has 0 heterocycles. The molecule has 0 aliphatic carbocycles. The summed E-state index contributed by atoms with van der Waals surface area (Å²) in [6.07, 6.45) is -0.198. The van der Waals surface area contributed by atoms with Crippen LogP contribution in [-0.4, -0.2) is 34.1 Å². The number of hydroxylamine groups is 1. The number of carboxylic acids is 1. The van der Waals surface area contributed by atoms with E-state index in [1.165, 1.54) is 11.5 Å². The van der Waals surface area contributed by atoms with Gasteiger partial charge in [0.2, 0.25) is 0 Å². The van der Waals surface area contributed by atoms with Crippen molar-refractivity contribution in [3.05, 3.63) is 94.8 Å². The molecule has 1 unspecified atom stereocenters. The number of aliphatic carboxylic acids is 1. The fourth-order valence-corrected chi connectivity index (χ4v) is 3.19. The molecule has 0 bridgehead atoms. The fourth-order valence-electron chi connectivity index (χ4n) is 3.19. The smallest absolute Gasteiger partial charge is 0.326 e. The van der Waals surface area contributed by atoms with Crippen molar-refractivity contribution in [2.45, 2.75) is 19.4 Å². The maximum Gasteiger partial charge on any atom is 0.326 e. The summed E-state index contributed by atoms with van der Waals surface area (Å²) in [4.78, 5) is 35.8. The third-order valence-electron chi connectivity index (χ3n) is 4.93. The highest BCUT2D eigenvalue weighted by Crippen LogP contribution is 2.21. The standard InChI is InChI=1S/C24H21FN2O5/c1-14-5-8-16(9-6-14)17-3-2-4-18(13-17)22(28)26-21(24(30)31)12-15-7-10-19(20(25)11-15)23(29)27-32/h2-11,13,21,32H,12H2,1H3,(H,26,28)(H,27,29)(H,30,31). The quantitative estimate of drug-likeness (QED) is 0.335. The molecule has 0 saturated heterocycles. The number of hydrogen-bond acceptors (Lipinski definition) is 4. The third-order valence-corrected chi connectivity index (χ3v) is 4.93. The van der Waals surface area contributed by atoms with Crippen LogP contribution in [-0.2, 0) is 11.2 Å². The number of carboxylic acid groups (broad SMARTS) is 1. The third kappa shape index (κ3) is 5.35. The van der Waals surface area contributed by atoms with E-state index < -0.39 is 29.6 Å². The minimum absolute atomic E-state index is 0.198. The number of halogens is 1. The molecule has 0 saturated carbocycles. The zero-order chi connectivity index (χ0) is 23.3. The van der Waals surface area contributed by atoms with Gasteiger partial charge in [0.25, 0.3) is 11.8 Å². The molecule has 0 spiro atoms. The lowest BCUT2D eigenvalue weighted by molar-refractivity contribution is -0.139. The highest BCUT2D eigenvalue weighted by molar-refractivity contribution is 5.97. The molecule has 3 aromatic carbocycles. The summed E-state index contributed by atoms with van der Waals surface area (Å²) in [6.45, 7) is 1.97. The fraction of sp³-hybridized carbons (Fsp3) is 0.125. The van der Waals surface area contributed by atoms with Crippen LogP contribution < -0.4 is 10.8 Å². The molecule has 0 fully saturated rings. The Hall–Kier alpha value is -4.04. The van der Waals surface area contributed by atoms with Crippen LogP contribution >= 0.6 is 0 Å². The summed E-state index contributed by atoms with van der Waals surface area (Å²) >= 11 is 0. The number of nitrogens with one attached hydrogen (secondary N) is 2. The van der Waals surface area contributed by atoms with Crippen LogP contribution in [0.2, 0.25) is 0 Å². The van der Waals surface area contributed by atoms with Crippen molar-refractivity contribution in [3.63, 3.8) is 0 Å². The summed E-state index contributed by atoms with van der Waals surface area (Å²) in [6, 6.07) is 16.7. The zero-order valence-corrected chi connectivity index (χ0v) is 17.1. The Morgan fingerprint density at radius 1 is 0.938 bits per heavy atom. The van der Waals surface area contributed by atoms with Crippen molar-refractivity contribution >= 4 is 17.8 Å². The molecule has 164 valence electrons. The van der Waals surface area contributed by atoms with Crippen LogP contribution in [0.5, 0.6) is 0 Å². The SMILES string of the molecule is Cc1ccc(-c2cccc(C(=O)NC(Cc3ccc(C(=O)NO)c(F)c3)C(=O)O)c2)cc1. The molecule has 3 aromatic rings. The van der Waals surface area contributed by atoms with Crippen molar-refractivity contribution in [1.29, 1.82) is 0 Å². The van der Waals surface area contributed by atoms with Gasteiger partial charge in [0.05, 0.1) is 5.56 Å². The molecule has 8 heteroatoms. The topological polar surface area (TPSA) is 116 Å². The Labute approximate surface area is 183 Å². The van der Waals surface area contributed by atoms with Crippen LogP contribution in [0.15, 0.2) is 66.7 Å². The van der Waals surface area contributed by atoms with Crippen LogP contribution in [0.3, 0.4) is 0 Å². The number of carbonyl (C=O) groups is 3. The molecule has 0 radical (unpaired) electrons. The van der Waals surface area contributed by atoms with E-state index in [1.54, 1.807) is 18.2 Å². The average molecular weight is 436 g/mol. The lowest BCUT2D eigenvalue weighted by Crippen LogP contribution is -2.42. The summed E-state index contributed by atoms with van der Waals surface area (Å²) in [7, 11) is 0. The van der Waals surface area contributed by atoms with Gasteiger partial charge >= 0.3 is 5.97 Å². The Bertz CT molecular complexity index is 1160. The van der Waals surface area contributed by atoms with Gasteiger partial charge in [-0.15, -0.1) is 0 Å². The molecule has 3 rings (SSSR count). The highest BCUT2D eigenvalue weighted by Gasteiger charge is 2.22. The Balaban J connectivity index is 1.77. The second-order valence-corrected chi connectivity index (χ2v) is 7.27. The molecule has 4 N–H and O–H groups in total. The van der Waals surface area contributed by atoms with E-state index in [-0.39, 0.29) is 23.1 Å². The predicted octanol–water partition coefficient (Wildman–Crippen LogP) is 3.35. The van der Waals surface area contributed by atoms with E-state index in [4.69, 9.17) is 5.21 Å². The van der Waals surface area contributed by atoms with Crippen LogP contribution in [0.4, 0.5) is 4.39 Å². The van der Waals surface area contributed by atoms with Crippen LogP contribution in [0, 0.1) is 12.7 Å². The van der Waals surface area contributed by atoms with E-state index >= 15 is 0 Å². The number of hydrogen-bond donors (Lipinski definition) is 4. The van der Waals surface area contributed by atoms with E-state index in [0.29, 0.717) is 0 Å². The first-order valence-corrected chi connectivity index (χ1v) is 9.72. The lowest BCUT2D eigenvalue weighted by atomic mass is 10.0. The Kier molecular flexibility index (Phi) is 6.97. The Morgan fingerprint density at radius 2 is 1.66 bits per heavy atom. The average Bonchev–Trinajstić information content (AvgIpc) is 2.78. The first kappa shape index (κ1) is 22.6. The molecule has 0 aromatic heterocycles. The minimum Gasteiger partial charge on any atom is -0.480 e. The van der Waals surface area contributed by atoms with E-state index in [9.17, 15) is 23.9 Å². The second kappa shape index (κ2) is 9.84. The first-order chi connectivity index (χ1) is 15.3. The number of aryl methyl sites for hydroxylation is 1. The van der Waals surface area contributed by atoms with Gasteiger partial charge in [0, 0.05) is 12.0 Å². The maximum atomic E-state index is 14.1. The normalized spacial score (nSPS) is 11.5. The van der Waals surface area contributed by atoms with Crippen molar-refractivity contribution in [3.8, 4) is 11.1 Å². The van der Waals surface area contributed by atoms with Gasteiger partial charge in [-0.25, -0.2) is 14.7 Å². The van der Waals surface area contributed by atoms with Gasteiger partial charge in [-0.05, 0) is 47.9 Å². The summed E-state index contributed by atoms with van der Waals surface area (Å²) in [5.41, 5.74) is 4.33. The highest BCUT2D eigenvalue weighted by atomic mass is 19.1. The molecule has 2 amide bonds. The van der Waals surface area contributed by atoms with Gasteiger partial charge in [-0.2, -0.15) is 0 Å². The summed E-state index contributed by atoms with van der Waals surface area (Å²) in [5.74, 6) is -3.81. The van der Waals surface area contributed by atoms with Gasteiger partial charge < -0.3 is 10.4 Å². The van der Waals surface area contributed by atoms with E-state index in [0.717, 1.165) is 28.8 Å². The van der Waals surface area contributed by atoms with Crippen molar-refractivity contribution in [2.75, 3.05) is 0 Å².